The predicted octanol–water partition coefficient (Wildman–Crippen LogP) is -0.0676. The Morgan fingerprint density at radius 3 is 2.73 bits per heavy atom. The Balaban J connectivity index is 1.92. The molecule has 0 saturated carbocycles. The number of pyridine rings is 1. The molecule has 0 bridgehead atoms. The molecule has 9 heteroatoms. The standard InChI is InChI=1S/C13H13N5O3S/c14-22(20,21)10-6-12(19)18(8-10)13-16-5-3-11(17-13)9-2-1-4-15-7-9/h1-5,7,10H,6,8H2,(H2,14,20,21). The summed E-state index contributed by atoms with van der Waals surface area (Å²) < 4.78 is 22.8. The van der Waals surface area contributed by atoms with E-state index in [4.69, 9.17) is 5.14 Å². The number of aromatic nitrogens is 3. The number of carbonyl (C=O) groups excluding carboxylic acids is 1. The monoisotopic (exact) mass is 319 g/mol. The quantitative estimate of drug-likeness (QED) is 0.846. The first-order chi connectivity index (χ1) is 10.4. The van der Waals surface area contributed by atoms with Gasteiger partial charge in [0.2, 0.25) is 21.9 Å². The van der Waals surface area contributed by atoms with E-state index in [0.29, 0.717) is 5.69 Å². The number of carbonyl (C=O) groups is 1. The smallest absolute Gasteiger partial charge is 0.232 e. The summed E-state index contributed by atoms with van der Waals surface area (Å²) in [7, 11) is -3.77. The lowest BCUT2D eigenvalue weighted by atomic mass is 10.2. The van der Waals surface area contributed by atoms with E-state index in [0.717, 1.165) is 5.56 Å². The molecule has 2 N–H and O–H groups in total. The number of amides is 1. The fourth-order valence-electron chi connectivity index (χ4n) is 2.24. The summed E-state index contributed by atoms with van der Waals surface area (Å²) in [6.07, 6.45) is 4.65. The van der Waals surface area contributed by atoms with E-state index in [1.807, 2.05) is 6.07 Å². The second-order valence-corrected chi connectivity index (χ2v) is 6.75. The van der Waals surface area contributed by atoms with Gasteiger partial charge >= 0.3 is 0 Å². The summed E-state index contributed by atoms with van der Waals surface area (Å²) in [6, 6.07) is 5.30. The molecule has 1 aliphatic rings. The van der Waals surface area contributed by atoms with Crippen molar-refractivity contribution in [3.63, 3.8) is 0 Å². The third-order valence-corrected chi connectivity index (χ3v) is 4.64. The Morgan fingerprint density at radius 2 is 2.09 bits per heavy atom. The zero-order valence-electron chi connectivity index (χ0n) is 11.5. The van der Waals surface area contributed by atoms with Gasteiger partial charge in [-0.2, -0.15) is 0 Å². The minimum absolute atomic E-state index is 0.0336. The first-order valence-corrected chi connectivity index (χ1v) is 8.11. The molecular formula is C13H13N5O3S. The van der Waals surface area contributed by atoms with Crippen LogP contribution in [0.15, 0.2) is 36.8 Å². The Kier molecular flexibility index (Phi) is 3.59. The van der Waals surface area contributed by atoms with Crippen LogP contribution in [0.2, 0.25) is 0 Å². The van der Waals surface area contributed by atoms with E-state index in [1.165, 1.54) is 11.1 Å². The molecule has 0 aliphatic carbocycles. The molecule has 114 valence electrons. The molecule has 1 atom stereocenters. The summed E-state index contributed by atoms with van der Waals surface area (Å²) in [5.74, 6) is -0.195. The van der Waals surface area contributed by atoms with Crippen LogP contribution in [-0.2, 0) is 14.8 Å². The van der Waals surface area contributed by atoms with Crippen molar-refractivity contribution in [2.75, 3.05) is 11.4 Å². The number of rotatable bonds is 3. The molecule has 3 rings (SSSR count). The van der Waals surface area contributed by atoms with Gasteiger partial charge in [0.15, 0.2) is 0 Å². The van der Waals surface area contributed by atoms with Gasteiger partial charge < -0.3 is 0 Å². The number of primary sulfonamides is 1. The van der Waals surface area contributed by atoms with Crippen molar-refractivity contribution in [1.29, 1.82) is 0 Å². The highest BCUT2D eigenvalue weighted by molar-refractivity contribution is 7.89. The van der Waals surface area contributed by atoms with Gasteiger partial charge in [-0.15, -0.1) is 0 Å². The summed E-state index contributed by atoms with van der Waals surface area (Å²) in [5, 5.41) is 4.18. The fourth-order valence-corrected chi connectivity index (χ4v) is 2.97. The average molecular weight is 319 g/mol. The summed E-state index contributed by atoms with van der Waals surface area (Å²) >= 11 is 0. The minimum Gasteiger partial charge on any atom is -0.279 e. The van der Waals surface area contributed by atoms with Gasteiger partial charge in [-0.1, -0.05) is 0 Å². The highest BCUT2D eigenvalue weighted by Crippen LogP contribution is 2.23. The van der Waals surface area contributed by atoms with Crippen molar-refractivity contribution in [3.8, 4) is 11.3 Å². The van der Waals surface area contributed by atoms with Gasteiger partial charge in [0.1, 0.15) is 5.25 Å². The van der Waals surface area contributed by atoms with Gasteiger partial charge in [-0.25, -0.2) is 23.5 Å². The normalized spacial score (nSPS) is 18.7. The van der Waals surface area contributed by atoms with Crippen LogP contribution in [0.3, 0.4) is 0 Å². The van der Waals surface area contributed by atoms with E-state index < -0.39 is 15.3 Å². The zero-order valence-corrected chi connectivity index (χ0v) is 12.3. The maximum absolute atomic E-state index is 12.0. The second kappa shape index (κ2) is 5.43. The first kappa shape index (κ1) is 14.5. The maximum Gasteiger partial charge on any atom is 0.232 e. The lowest BCUT2D eigenvalue weighted by Gasteiger charge is -2.14. The van der Waals surface area contributed by atoms with Crippen LogP contribution in [0.25, 0.3) is 11.3 Å². The summed E-state index contributed by atoms with van der Waals surface area (Å²) in [5.41, 5.74) is 1.38. The SMILES string of the molecule is NS(=O)(=O)C1CC(=O)N(c2nccc(-c3cccnc3)n2)C1. The van der Waals surface area contributed by atoms with Gasteiger partial charge in [0, 0.05) is 37.1 Å². The third kappa shape index (κ3) is 2.81. The predicted molar refractivity (Wildman–Crippen MR) is 79.1 cm³/mol. The average Bonchev–Trinajstić information content (AvgIpc) is 2.90. The molecule has 1 saturated heterocycles. The highest BCUT2D eigenvalue weighted by Gasteiger charge is 2.38. The van der Waals surface area contributed by atoms with Crippen molar-refractivity contribution in [1.82, 2.24) is 15.0 Å². The third-order valence-electron chi connectivity index (χ3n) is 3.40. The lowest BCUT2D eigenvalue weighted by molar-refractivity contribution is -0.117. The highest BCUT2D eigenvalue weighted by atomic mass is 32.2. The van der Waals surface area contributed by atoms with Gasteiger partial charge in [0.05, 0.1) is 5.69 Å². The van der Waals surface area contributed by atoms with E-state index in [1.54, 1.807) is 24.5 Å². The largest absolute Gasteiger partial charge is 0.279 e. The number of hydrogen-bond acceptors (Lipinski definition) is 6. The Morgan fingerprint density at radius 1 is 1.27 bits per heavy atom. The Hall–Kier alpha value is -2.39. The lowest BCUT2D eigenvalue weighted by Crippen LogP contribution is -2.32. The van der Waals surface area contributed by atoms with Crippen LogP contribution in [0.5, 0.6) is 0 Å². The van der Waals surface area contributed by atoms with Gasteiger partial charge in [-0.05, 0) is 18.2 Å². The molecule has 0 spiro atoms. The fraction of sp³-hybridized carbons (Fsp3) is 0.231. The molecule has 22 heavy (non-hydrogen) atoms. The van der Waals surface area contributed by atoms with Crippen LogP contribution in [0.4, 0.5) is 5.95 Å². The molecule has 3 heterocycles. The molecule has 1 unspecified atom stereocenters. The summed E-state index contributed by atoms with van der Waals surface area (Å²) in [4.78, 5) is 25.6. The van der Waals surface area contributed by atoms with Crippen LogP contribution in [-0.4, -0.2) is 41.1 Å². The molecule has 8 nitrogen and oxygen atoms in total. The van der Waals surface area contributed by atoms with Crippen LogP contribution < -0.4 is 10.0 Å². The topological polar surface area (TPSA) is 119 Å². The van der Waals surface area contributed by atoms with Crippen molar-refractivity contribution in [2.24, 2.45) is 5.14 Å². The summed E-state index contributed by atoms with van der Waals surface area (Å²) in [6.45, 7) is -0.0336. The molecule has 1 fully saturated rings. The van der Waals surface area contributed by atoms with Gasteiger partial charge in [0.25, 0.3) is 0 Å². The van der Waals surface area contributed by atoms with Crippen molar-refractivity contribution >= 4 is 21.9 Å². The van der Waals surface area contributed by atoms with Crippen LogP contribution in [0.1, 0.15) is 6.42 Å². The van der Waals surface area contributed by atoms with E-state index in [2.05, 4.69) is 15.0 Å². The molecule has 2 aromatic heterocycles. The van der Waals surface area contributed by atoms with Crippen molar-refractivity contribution in [2.45, 2.75) is 11.7 Å². The van der Waals surface area contributed by atoms with E-state index >= 15 is 0 Å². The number of anilines is 1. The van der Waals surface area contributed by atoms with Crippen LogP contribution >= 0.6 is 0 Å². The van der Waals surface area contributed by atoms with Gasteiger partial charge in [-0.3, -0.25) is 14.7 Å². The van der Waals surface area contributed by atoms with Crippen molar-refractivity contribution in [3.05, 3.63) is 36.8 Å². The number of nitrogens with two attached hydrogens (primary N) is 1. The zero-order chi connectivity index (χ0) is 15.7. The number of nitrogens with zero attached hydrogens (tertiary/aromatic N) is 4. The molecule has 1 amide bonds. The maximum atomic E-state index is 12.0. The van der Waals surface area contributed by atoms with Crippen molar-refractivity contribution < 1.29 is 13.2 Å². The van der Waals surface area contributed by atoms with Crippen LogP contribution in [0, 0.1) is 0 Å². The number of hydrogen-bond donors (Lipinski definition) is 1. The Labute approximate surface area is 127 Å². The molecule has 0 radical (unpaired) electrons. The first-order valence-electron chi connectivity index (χ1n) is 6.50. The Bertz CT molecular complexity index is 809. The molecule has 2 aromatic rings. The van der Waals surface area contributed by atoms with E-state index in [9.17, 15) is 13.2 Å². The minimum atomic E-state index is -3.77. The molecular weight excluding hydrogens is 306 g/mol. The number of sulfonamides is 1. The second-order valence-electron chi connectivity index (χ2n) is 4.90. The van der Waals surface area contributed by atoms with E-state index in [-0.39, 0.29) is 24.8 Å². The molecule has 1 aliphatic heterocycles. The molecule has 0 aromatic carbocycles.